The van der Waals surface area contributed by atoms with Crippen molar-refractivity contribution in [1.29, 1.82) is 0 Å². The van der Waals surface area contributed by atoms with Crippen LogP contribution in [0.5, 0.6) is 11.5 Å². The first kappa shape index (κ1) is 27.3. The first-order valence-corrected chi connectivity index (χ1v) is 13.2. The second-order valence-corrected chi connectivity index (χ2v) is 10.1. The number of benzene rings is 1. The smallest absolute Gasteiger partial charge is 0.308 e. The first-order chi connectivity index (χ1) is 16.9. The second kappa shape index (κ2) is 13.1. The summed E-state index contributed by atoms with van der Waals surface area (Å²) >= 11 is 0. The van der Waals surface area contributed by atoms with Crippen molar-refractivity contribution in [2.75, 3.05) is 39.5 Å². The fourth-order valence-corrected chi connectivity index (χ4v) is 5.56. The minimum absolute atomic E-state index is 0.0653. The van der Waals surface area contributed by atoms with Crippen LogP contribution in [0.2, 0.25) is 0 Å². The van der Waals surface area contributed by atoms with Crippen molar-refractivity contribution in [2.45, 2.75) is 71.3 Å². The summed E-state index contributed by atoms with van der Waals surface area (Å²) < 4.78 is 11.0. The number of unbranched alkanes of at least 4 members (excludes halogenated alkanes) is 1. The Hall–Kier alpha value is -2.32. The molecule has 0 spiro atoms. The van der Waals surface area contributed by atoms with Gasteiger partial charge in [0, 0.05) is 31.6 Å². The molecule has 196 valence electrons. The van der Waals surface area contributed by atoms with Crippen LogP contribution >= 0.6 is 0 Å². The van der Waals surface area contributed by atoms with Gasteiger partial charge < -0.3 is 25.2 Å². The minimum atomic E-state index is -0.803. The maximum atomic E-state index is 13.4. The molecule has 1 fully saturated rings. The van der Waals surface area contributed by atoms with Gasteiger partial charge in [-0.05, 0) is 49.4 Å². The summed E-state index contributed by atoms with van der Waals surface area (Å²) in [5, 5.41) is 10.4. The number of likely N-dealkylation sites (tertiary alicyclic amines) is 1. The van der Waals surface area contributed by atoms with E-state index in [4.69, 9.17) is 15.2 Å². The van der Waals surface area contributed by atoms with Gasteiger partial charge in [0.05, 0.1) is 12.5 Å². The largest absolute Gasteiger partial charge is 0.481 e. The average molecular weight is 490 g/mol. The summed E-state index contributed by atoms with van der Waals surface area (Å²) in [5.74, 6) is 0.179. The summed E-state index contributed by atoms with van der Waals surface area (Å²) in [7, 11) is 0. The Morgan fingerprint density at radius 1 is 1.17 bits per heavy atom. The van der Waals surface area contributed by atoms with Crippen molar-refractivity contribution in [3.63, 3.8) is 0 Å². The van der Waals surface area contributed by atoms with Gasteiger partial charge in [-0.2, -0.15) is 0 Å². The molecule has 0 aliphatic carbocycles. The van der Waals surface area contributed by atoms with Crippen molar-refractivity contribution >= 4 is 11.9 Å². The van der Waals surface area contributed by atoms with Crippen molar-refractivity contribution < 1.29 is 24.2 Å². The fourth-order valence-electron chi connectivity index (χ4n) is 5.56. The number of carbonyl (C=O) groups excluding carboxylic acids is 1. The molecule has 3 N–H and O–H groups in total. The van der Waals surface area contributed by atoms with Gasteiger partial charge in [0.15, 0.2) is 11.5 Å². The molecular weight excluding hydrogens is 446 g/mol. The Bertz CT molecular complexity index is 840. The van der Waals surface area contributed by atoms with Gasteiger partial charge in [-0.15, -0.1) is 0 Å². The highest BCUT2D eigenvalue weighted by Gasteiger charge is 2.47. The summed E-state index contributed by atoms with van der Waals surface area (Å²) in [6.07, 6.45) is 5.59. The van der Waals surface area contributed by atoms with Crippen molar-refractivity contribution in [1.82, 2.24) is 9.80 Å². The zero-order chi connectivity index (χ0) is 25.4. The Balaban J connectivity index is 1.86. The molecule has 8 heteroatoms. The van der Waals surface area contributed by atoms with E-state index in [1.54, 1.807) is 0 Å². The van der Waals surface area contributed by atoms with Crippen molar-refractivity contribution in [3.8, 4) is 11.5 Å². The van der Waals surface area contributed by atoms with E-state index in [2.05, 4.69) is 25.7 Å². The number of carbonyl (C=O) groups is 2. The number of fused-ring (bicyclic) bond motifs is 1. The van der Waals surface area contributed by atoms with Gasteiger partial charge in [-0.3, -0.25) is 14.5 Å². The van der Waals surface area contributed by atoms with Crippen molar-refractivity contribution in [3.05, 3.63) is 23.8 Å². The number of amides is 1. The lowest BCUT2D eigenvalue weighted by molar-refractivity contribution is -0.144. The van der Waals surface area contributed by atoms with E-state index in [1.165, 1.54) is 0 Å². The van der Waals surface area contributed by atoms with E-state index in [0.29, 0.717) is 43.6 Å². The van der Waals surface area contributed by atoms with Gasteiger partial charge in [-0.1, -0.05) is 46.1 Å². The molecule has 1 amide bonds. The molecule has 1 aromatic carbocycles. The van der Waals surface area contributed by atoms with Crippen LogP contribution in [-0.4, -0.2) is 72.3 Å². The maximum Gasteiger partial charge on any atom is 0.308 e. The standard InChI is InChI=1S/C27H43N3O5/c1-4-6-12-29(13-7-11-28)25(31)17-30-16-21(20-9-10-23-24(15-20)35-18-34-23)26(27(32)33)22(30)14-19(3)8-5-2/h9-10,15,19,21-22,26H,4-8,11-14,16-18,28H2,1-3H3,(H,32,33)/t19?,21-,22+,26?/m1/s1. The van der Waals surface area contributed by atoms with E-state index < -0.39 is 11.9 Å². The number of rotatable bonds is 14. The number of aliphatic carboxylic acids is 1. The highest BCUT2D eigenvalue weighted by Crippen LogP contribution is 2.43. The number of hydrogen-bond donors (Lipinski definition) is 2. The molecule has 1 saturated heterocycles. The SMILES string of the molecule is CCCCN(CCCN)C(=O)CN1C[C@H](c2ccc3c(c2)OCO3)C(C(=O)O)[C@@H]1CC(C)CCC. The minimum Gasteiger partial charge on any atom is -0.481 e. The summed E-state index contributed by atoms with van der Waals surface area (Å²) in [4.78, 5) is 30.1. The van der Waals surface area contributed by atoms with Crippen LogP contribution in [0, 0.1) is 11.8 Å². The van der Waals surface area contributed by atoms with E-state index in [1.807, 2.05) is 23.1 Å². The average Bonchev–Trinajstić information content (AvgIpc) is 3.43. The van der Waals surface area contributed by atoms with Crippen molar-refractivity contribution in [2.24, 2.45) is 17.6 Å². The van der Waals surface area contributed by atoms with E-state index >= 15 is 0 Å². The molecule has 2 unspecified atom stereocenters. The molecule has 2 aliphatic heterocycles. The Labute approximate surface area is 209 Å². The van der Waals surface area contributed by atoms with E-state index in [9.17, 15) is 14.7 Å². The molecule has 0 aromatic heterocycles. The third-order valence-electron chi connectivity index (χ3n) is 7.39. The van der Waals surface area contributed by atoms with Crippen LogP contribution in [0.4, 0.5) is 0 Å². The summed E-state index contributed by atoms with van der Waals surface area (Å²) in [6.45, 7) is 9.31. The monoisotopic (exact) mass is 489 g/mol. The number of nitrogens with zero attached hydrogens (tertiary/aromatic N) is 2. The Morgan fingerprint density at radius 2 is 1.91 bits per heavy atom. The van der Waals surface area contributed by atoms with Gasteiger partial charge in [0.2, 0.25) is 12.7 Å². The quantitative estimate of drug-likeness (QED) is 0.411. The van der Waals surface area contributed by atoms with Gasteiger partial charge >= 0.3 is 5.97 Å². The van der Waals surface area contributed by atoms with Gasteiger partial charge in [0.25, 0.3) is 0 Å². The molecule has 2 heterocycles. The topological polar surface area (TPSA) is 105 Å². The van der Waals surface area contributed by atoms with Crippen LogP contribution in [0.1, 0.15) is 70.8 Å². The van der Waals surface area contributed by atoms with Crippen LogP contribution < -0.4 is 15.2 Å². The van der Waals surface area contributed by atoms with E-state index in [0.717, 1.165) is 44.1 Å². The number of carboxylic acid groups (broad SMARTS) is 1. The molecule has 4 atom stereocenters. The number of carboxylic acids is 1. The number of hydrogen-bond acceptors (Lipinski definition) is 6. The molecule has 35 heavy (non-hydrogen) atoms. The van der Waals surface area contributed by atoms with Gasteiger partial charge in [-0.25, -0.2) is 0 Å². The highest BCUT2D eigenvalue weighted by atomic mass is 16.7. The highest BCUT2D eigenvalue weighted by molar-refractivity contribution is 5.79. The molecule has 3 rings (SSSR count). The van der Waals surface area contributed by atoms with Gasteiger partial charge in [0.1, 0.15) is 0 Å². The maximum absolute atomic E-state index is 13.4. The lowest BCUT2D eigenvalue weighted by atomic mass is 9.81. The molecule has 0 bridgehead atoms. The third kappa shape index (κ3) is 6.88. The molecular formula is C27H43N3O5. The predicted molar refractivity (Wildman–Crippen MR) is 136 cm³/mol. The Morgan fingerprint density at radius 3 is 2.60 bits per heavy atom. The molecule has 2 aliphatic rings. The predicted octanol–water partition coefficient (Wildman–Crippen LogP) is 3.69. The first-order valence-electron chi connectivity index (χ1n) is 13.2. The Kier molecular flexibility index (Phi) is 10.2. The number of nitrogens with two attached hydrogens (primary N) is 1. The zero-order valence-corrected chi connectivity index (χ0v) is 21.6. The summed E-state index contributed by atoms with van der Waals surface area (Å²) in [5.41, 5.74) is 6.64. The normalized spacial score (nSPS) is 22.3. The molecule has 0 saturated carbocycles. The van der Waals surface area contributed by atoms with Crippen LogP contribution in [0.25, 0.3) is 0 Å². The molecule has 1 aromatic rings. The van der Waals surface area contributed by atoms with Crippen LogP contribution in [0.3, 0.4) is 0 Å². The lowest BCUT2D eigenvalue weighted by Gasteiger charge is -2.31. The third-order valence-corrected chi connectivity index (χ3v) is 7.39. The molecule has 8 nitrogen and oxygen atoms in total. The van der Waals surface area contributed by atoms with Crippen LogP contribution in [0.15, 0.2) is 18.2 Å². The molecule has 0 radical (unpaired) electrons. The van der Waals surface area contributed by atoms with E-state index in [-0.39, 0.29) is 31.2 Å². The zero-order valence-electron chi connectivity index (χ0n) is 21.6. The lowest BCUT2D eigenvalue weighted by Crippen LogP contribution is -2.45. The second-order valence-electron chi connectivity index (χ2n) is 10.1. The van der Waals surface area contributed by atoms with Crippen LogP contribution in [-0.2, 0) is 9.59 Å². The fraction of sp³-hybridized carbons (Fsp3) is 0.704. The number of ether oxygens (including phenoxy) is 2. The summed E-state index contributed by atoms with van der Waals surface area (Å²) in [6, 6.07) is 5.52.